The average molecular weight is 163 g/mol. The predicted octanol–water partition coefficient (Wildman–Crippen LogP) is -0.932. The Morgan fingerprint density at radius 3 is 2.45 bits per heavy atom. The number of aldehydes is 1. The number of carbonyl (C=O) groups excluding carboxylic acids is 1. The van der Waals surface area contributed by atoms with Crippen molar-refractivity contribution in [1.82, 2.24) is 0 Å². The van der Waals surface area contributed by atoms with Gasteiger partial charge in [-0.15, -0.1) is 0 Å². The molecule has 3 N–H and O–H groups in total. The summed E-state index contributed by atoms with van der Waals surface area (Å²) in [7, 11) is 0. The molecule has 0 saturated heterocycles. The lowest BCUT2D eigenvalue weighted by Gasteiger charge is -2.28. The fraction of sp³-hybridized carbons (Fsp3) is 0.857. The summed E-state index contributed by atoms with van der Waals surface area (Å²) in [6, 6.07) is 0. The minimum atomic E-state index is -1.73. The zero-order valence-electron chi connectivity index (χ0n) is 7.61. The second-order valence-corrected chi connectivity index (χ2v) is 2.86. The van der Waals surface area contributed by atoms with Gasteiger partial charge in [0, 0.05) is 6.42 Å². The Bertz CT molecular complexity index is 167. The highest BCUT2D eigenvalue weighted by Gasteiger charge is 2.32. The number of hydrogen-bond acceptors (Lipinski definition) is 4. The maximum atomic E-state index is 10.3. The van der Waals surface area contributed by atoms with Crippen LogP contribution in [0.4, 0.5) is 0 Å². The highest BCUT2D eigenvalue weighted by Crippen LogP contribution is 2.15. The van der Waals surface area contributed by atoms with Crippen LogP contribution in [0.1, 0.15) is 21.6 Å². The van der Waals surface area contributed by atoms with E-state index in [1.54, 1.807) is 0 Å². The molecular weight excluding hydrogens is 148 g/mol. The Morgan fingerprint density at radius 2 is 2.18 bits per heavy atom. The van der Waals surface area contributed by atoms with Crippen LogP contribution in [-0.2, 0) is 4.79 Å². The molecule has 0 rings (SSSR count). The molecule has 11 heavy (non-hydrogen) atoms. The number of aliphatic hydroxyl groups excluding tert-OH is 2. The Hall–Kier alpha value is -0.450. The maximum Gasteiger partial charge on any atom is 0.122 e. The van der Waals surface area contributed by atoms with Gasteiger partial charge in [-0.1, -0.05) is 0 Å². The summed E-state index contributed by atoms with van der Waals surface area (Å²) in [5, 5.41) is 27.4. The van der Waals surface area contributed by atoms with Crippen molar-refractivity contribution < 1.29 is 21.5 Å². The van der Waals surface area contributed by atoms with E-state index >= 15 is 0 Å². The normalized spacial score (nSPS) is 23.2. The molecule has 3 unspecified atom stereocenters. The topological polar surface area (TPSA) is 77.8 Å². The summed E-state index contributed by atoms with van der Waals surface area (Å²) < 4.78 is 6.58. The van der Waals surface area contributed by atoms with E-state index < -0.39 is 30.5 Å². The zero-order chi connectivity index (χ0) is 9.94. The lowest BCUT2D eigenvalue weighted by Crippen LogP contribution is -2.46. The molecule has 3 atom stereocenters. The third-order valence-electron chi connectivity index (χ3n) is 1.52. The van der Waals surface area contributed by atoms with Crippen molar-refractivity contribution in [2.45, 2.75) is 38.1 Å². The molecule has 0 aromatic rings. The van der Waals surface area contributed by atoms with Crippen molar-refractivity contribution >= 4 is 6.26 Å². The molecule has 0 aromatic heterocycles. The second-order valence-electron chi connectivity index (χ2n) is 2.86. The largest absolute Gasteiger partial charge is 0.391 e. The summed E-state index contributed by atoms with van der Waals surface area (Å²) in [4.78, 5) is 10.3. The molecule has 0 aliphatic heterocycles. The predicted molar refractivity (Wildman–Crippen MR) is 39.0 cm³/mol. The SMILES string of the molecule is [2H]C(=O)CC(C)(O)C(O)C(C)O. The van der Waals surface area contributed by atoms with Gasteiger partial charge in [-0.2, -0.15) is 0 Å². The molecule has 4 heteroatoms. The summed E-state index contributed by atoms with van der Waals surface area (Å²) in [6.45, 7) is 2.50. The van der Waals surface area contributed by atoms with Crippen LogP contribution in [-0.4, -0.2) is 39.4 Å². The van der Waals surface area contributed by atoms with Crippen molar-refractivity contribution in [2.75, 3.05) is 0 Å². The maximum absolute atomic E-state index is 10.3. The molecule has 0 amide bonds. The van der Waals surface area contributed by atoms with Crippen molar-refractivity contribution in [3.63, 3.8) is 0 Å². The van der Waals surface area contributed by atoms with Gasteiger partial charge in [0.05, 0.1) is 11.7 Å². The minimum Gasteiger partial charge on any atom is -0.391 e. The average Bonchev–Trinajstić information content (AvgIpc) is 1.82. The third-order valence-corrected chi connectivity index (χ3v) is 1.52. The van der Waals surface area contributed by atoms with Gasteiger partial charge < -0.3 is 20.1 Å². The van der Waals surface area contributed by atoms with Gasteiger partial charge >= 0.3 is 0 Å². The number of rotatable bonds is 4. The van der Waals surface area contributed by atoms with Gasteiger partial charge in [-0.25, -0.2) is 0 Å². The van der Waals surface area contributed by atoms with Crippen LogP contribution in [0.15, 0.2) is 0 Å². The molecule has 0 aliphatic carbocycles. The second kappa shape index (κ2) is 3.80. The fourth-order valence-corrected chi connectivity index (χ4v) is 0.770. The molecule has 0 aliphatic rings. The molecule has 0 saturated carbocycles. The van der Waals surface area contributed by atoms with E-state index in [9.17, 15) is 9.90 Å². The van der Waals surface area contributed by atoms with Gasteiger partial charge in [0.2, 0.25) is 0 Å². The first-order valence-corrected chi connectivity index (χ1v) is 3.35. The molecule has 0 spiro atoms. The molecule has 0 heterocycles. The monoisotopic (exact) mass is 163 g/mol. The van der Waals surface area contributed by atoms with Gasteiger partial charge in [0.25, 0.3) is 0 Å². The highest BCUT2D eigenvalue weighted by atomic mass is 16.4. The summed E-state index contributed by atoms with van der Waals surface area (Å²) >= 11 is 0. The first-order chi connectivity index (χ1) is 5.27. The van der Waals surface area contributed by atoms with Gasteiger partial charge in [-0.05, 0) is 13.8 Å². The summed E-state index contributed by atoms with van der Waals surface area (Å²) in [5.41, 5.74) is -1.73. The van der Waals surface area contributed by atoms with Crippen LogP contribution >= 0.6 is 0 Å². The fourth-order valence-electron chi connectivity index (χ4n) is 0.770. The zero-order valence-corrected chi connectivity index (χ0v) is 6.61. The van der Waals surface area contributed by atoms with Gasteiger partial charge in [0.15, 0.2) is 0 Å². The van der Waals surface area contributed by atoms with Crippen molar-refractivity contribution in [3.05, 3.63) is 0 Å². The third kappa shape index (κ3) is 2.96. The first-order valence-electron chi connectivity index (χ1n) is 3.85. The molecule has 0 radical (unpaired) electrons. The Kier molecular flexibility index (Phi) is 2.99. The molecule has 4 nitrogen and oxygen atoms in total. The van der Waals surface area contributed by atoms with E-state index in [1.165, 1.54) is 13.8 Å². The van der Waals surface area contributed by atoms with E-state index in [4.69, 9.17) is 11.6 Å². The number of hydrogen-bond donors (Lipinski definition) is 3. The summed E-state index contributed by atoms with van der Waals surface area (Å²) in [6.07, 6.45) is -4.00. The van der Waals surface area contributed by atoms with Crippen molar-refractivity contribution in [1.29, 1.82) is 0 Å². The molecule has 66 valence electrons. The Balaban J connectivity index is 4.28. The van der Waals surface area contributed by atoms with E-state index in [-0.39, 0.29) is 0 Å². The Labute approximate surface area is 66.9 Å². The van der Waals surface area contributed by atoms with Crippen molar-refractivity contribution in [3.8, 4) is 0 Å². The van der Waals surface area contributed by atoms with E-state index in [0.29, 0.717) is 0 Å². The first kappa shape index (κ1) is 8.64. The molecular formula is C7H14O4. The highest BCUT2D eigenvalue weighted by molar-refractivity contribution is 5.51. The van der Waals surface area contributed by atoms with Crippen LogP contribution in [0.5, 0.6) is 0 Å². The lowest BCUT2D eigenvalue weighted by atomic mass is 9.93. The van der Waals surface area contributed by atoms with Crippen LogP contribution in [0.3, 0.4) is 0 Å². The smallest absolute Gasteiger partial charge is 0.122 e. The van der Waals surface area contributed by atoms with Crippen LogP contribution < -0.4 is 0 Å². The quantitative estimate of drug-likeness (QED) is 0.468. The number of carbonyl (C=O) groups is 1. The van der Waals surface area contributed by atoms with Gasteiger partial charge in [0.1, 0.15) is 13.7 Å². The Morgan fingerprint density at radius 1 is 1.73 bits per heavy atom. The van der Waals surface area contributed by atoms with E-state index in [1.807, 2.05) is 0 Å². The lowest BCUT2D eigenvalue weighted by molar-refractivity contribution is -0.129. The standard InChI is InChI=1S/C7H14O4/c1-5(9)6(10)7(2,11)3-4-8/h4-6,9-11H,3H2,1-2H3/i4D. The van der Waals surface area contributed by atoms with Crippen LogP contribution in [0.2, 0.25) is 0 Å². The van der Waals surface area contributed by atoms with Crippen LogP contribution in [0.25, 0.3) is 0 Å². The van der Waals surface area contributed by atoms with E-state index in [2.05, 4.69) is 0 Å². The van der Waals surface area contributed by atoms with Crippen molar-refractivity contribution in [2.24, 2.45) is 0 Å². The molecule has 0 fully saturated rings. The molecule has 0 aromatic carbocycles. The summed E-state index contributed by atoms with van der Waals surface area (Å²) in [5.74, 6) is 0. The van der Waals surface area contributed by atoms with Crippen LogP contribution in [0, 0.1) is 0 Å². The number of aliphatic hydroxyl groups is 3. The molecule has 0 bridgehead atoms. The van der Waals surface area contributed by atoms with Gasteiger partial charge in [-0.3, -0.25) is 0 Å². The van der Waals surface area contributed by atoms with E-state index in [0.717, 1.165) is 0 Å². The minimum absolute atomic E-state index is 0.487.